The fraction of sp³-hybridized carbons (Fsp3) is 0.381. The number of aromatic amines is 1. The van der Waals surface area contributed by atoms with Crippen LogP contribution in [0.4, 0.5) is 0 Å². The van der Waals surface area contributed by atoms with Crippen LogP contribution in [0.3, 0.4) is 0 Å². The number of halogens is 1. The summed E-state index contributed by atoms with van der Waals surface area (Å²) in [6.07, 6.45) is 2.95. The summed E-state index contributed by atoms with van der Waals surface area (Å²) in [5, 5.41) is 3.41. The summed E-state index contributed by atoms with van der Waals surface area (Å²) >= 11 is 0. The molecular weight excluding hydrogens is 346 g/mol. The smallest absolute Gasteiger partial charge is 0.119 e. The van der Waals surface area contributed by atoms with E-state index in [-0.39, 0.29) is 12.4 Å². The number of hydrogen-bond acceptors (Lipinski definition) is 3. The van der Waals surface area contributed by atoms with Crippen molar-refractivity contribution in [2.45, 2.75) is 27.2 Å². The Balaban J connectivity index is 0.00000243. The lowest BCUT2D eigenvalue weighted by molar-refractivity contribution is 0.312. The third-order valence-electron chi connectivity index (χ3n) is 4.46. The lowest BCUT2D eigenvalue weighted by atomic mass is 9.99. The van der Waals surface area contributed by atoms with Gasteiger partial charge in [0.1, 0.15) is 12.4 Å². The van der Waals surface area contributed by atoms with E-state index in [1.54, 1.807) is 6.33 Å². The molecule has 0 aliphatic rings. The largest absolute Gasteiger partial charge is 0.492 e. The third kappa shape index (κ3) is 4.99. The number of H-pyrrole nitrogens is 1. The highest BCUT2D eigenvalue weighted by molar-refractivity contribution is 5.86. The summed E-state index contributed by atoms with van der Waals surface area (Å²) in [5.41, 5.74) is 5.70. The highest BCUT2D eigenvalue weighted by Gasteiger charge is 2.07. The van der Waals surface area contributed by atoms with Crippen LogP contribution in [0.5, 0.6) is 5.75 Å². The number of fused-ring (bicyclic) bond motifs is 1. The summed E-state index contributed by atoms with van der Waals surface area (Å²) in [6, 6.07) is 12.5. The number of rotatable bonds is 8. The van der Waals surface area contributed by atoms with Crippen LogP contribution in [0.1, 0.15) is 25.8 Å². The Labute approximate surface area is 161 Å². The van der Waals surface area contributed by atoms with Gasteiger partial charge in [-0.1, -0.05) is 32.0 Å². The summed E-state index contributed by atoms with van der Waals surface area (Å²) in [7, 11) is 0. The number of aromatic nitrogens is 2. The molecule has 3 rings (SSSR count). The van der Waals surface area contributed by atoms with Crippen molar-refractivity contribution in [2.75, 3.05) is 19.7 Å². The first kappa shape index (κ1) is 20.3. The Hall–Kier alpha value is -2.04. The molecule has 2 N–H and O–H groups in total. The van der Waals surface area contributed by atoms with Gasteiger partial charge >= 0.3 is 0 Å². The number of nitrogens with one attached hydrogen (secondary N) is 2. The second-order valence-electron chi connectivity index (χ2n) is 6.84. The number of ether oxygens (including phenoxy) is 1. The van der Waals surface area contributed by atoms with Crippen LogP contribution in [-0.2, 0) is 0 Å². The van der Waals surface area contributed by atoms with E-state index in [1.165, 1.54) is 23.1 Å². The van der Waals surface area contributed by atoms with Crippen molar-refractivity contribution in [1.29, 1.82) is 0 Å². The summed E-state index contributed by atoms with van der Waals surface area (Å²) < 4.78 is 5.81. The Morgan fingerprint density at radius 1 is 1.08 bits per heavy atom. The number of aryl methyl sites for hydroxylation is 1. The van der Waals surface area contributed by atoms with Gasteiger partial charge in [0, 0.05) is 6.54 Å². The van der Waals surface area contributed by atoms with E-state index in [4.69, 9.17) is 4.74 Å². The van der Waals surface area contributed by atoms with Gasteiger partial charge < -0.3 is 15.0 Å². The van der Waals surface area contributed by atoms with Crippen molar-refractivity contribution in [2.24, 2.45) is 5.92 Å². The molecule has 0 spiro atoms. The predicted octanol–water partition coefficient (Wildman–Crippen LogP) is 4.97. The minimum absolute atomic E-state index is 0. The highest BCUT2D eigenvalue weighted by atomic mass is 35.5. The molecule has 5 heteroatoms. The van der Waals surface area contributed by atoms with Gasteiger partial charge in [0.25, 0.3) is 0 Å². The molecule has 0 radical (unpaired) electrons. The summed E-state index contributed by atoms with van der Waals surface area (Å²) in [4.78, 5) is 7.57. The van der Waals surface area contributed by atoms with Crippen LogP contribution in [0, 0.1) is 12.8 Å². The van der Waals surface area contributed by atoms with Crippen LogP contribution in [0.15, 0.2) is 42.7 Å². The Kier molecular flexibility index (Phi) is 7.49. The molecule has 0 unspecified atom stereocenters. The zero-order valence-electron chi connectivity index (χ0n) is 15.7. The van der Waals surface area contributed by atoms with Crippen LogP contribution in [0.2, 0.25) is 0 Å². The van der Waals surface area contributed by atoms with Gasteiger partial charge in [-0.25, -0.2) is 4.98 Å². The molecule has 140 valence electrons. The van der Waals surface area contributed by atoms with E-state index in [1.807, 2.05) is 12.1 Å². The third-order valence-corrected chi connectivity index (χ3v) is 4.46. The van der Waals surface area contributed by atoms with E-state index in [9.17, 15) is 0 Å². The molecule has 26 heavy (non-hydrogen) atoms. The van der Waals surface area contributed by atoms with Crippen molar-refractivity contribution in [3.05, 3.63) is 48.3 Å². The number of imidazole rings is 1. The van der Waals surface area contributed by atoms with Crippen LogP contribution in [-0.4, -0.2) is 29.7 Å². The molecule has 3 aromatic rings. The maximum Gasteiger partial charge on any atom is 0.119 e. The van der Waals surface area contributed by atoms with Gasteiger partial charge in [0.2, 0.25) is 0 Å². The normalized spacial score (nSPS) is 10.9. The lowest BCUT2D eigenvalue weighted by Gasteiger charge is -2.10. The standard InChI is InChI=1S/C21H27N3O.ClH/c1-15(2)10-11-22-12-13-25-18-6-4-17(5-7-18)19-8-9-20-21(16(19)3)24-14-23-20;/h4-9,14-15,22H,10-13H2,1-3H3,(H,23,24);1H. The van der Waals surface area contributed by atoms with Crippen LogP contribution in [0.25, 0.3) is 22.2 Å². The second kappa shape index (κ2) is 9.60. The van der Waals surface area contributed by atoms with Gasteiger partial charge in [-0.05, 0) is 60.7 Å². The molecule has 4 nitrogen and oxygen atoms in total. The number of benzene rings is 2. The first-order valence-electron chi connectivity index (χ1n) is 9.02. The zero-order chi connectivity index (χ0) is 17.6. The zero-order valence-corrected chi connectivity index (χ0v) is 16.5. The van der Waals surface area contributed by atoms with Gasteiger partial charge in [0.15, 0.2) is 0 Å². The fourth-order valence-electron chi connectivity index (χ4n) is 2.95. The van der Waals surface area contributed by atoms with Crippen LogP contribution >= 0.6 is 12.4 Å². The molecule has 2 aromatic carbocycles. The predicted molar refractivity (Wildman–Crippen MR) is 111 cm³/mol. The van der Waals surface area contributed by atoms with E-state index in [0.717, 1.165) is 35.8 Å². The molecular formula is C21H28ClN3O. The minimum atomic E-state index is 0. The molecule has 0 saturated carbocycles. The minimum Gasteiger partial charge on any atom is -0.492 e. The molecule has 0 fully saturated rings. The molecule has 0 aliphatic heterocycles. The average molecular weight is 374 g/mol. The maximum absolute atomic E-state index is 5.81. The van der Waals surface area contributed by atoms with E-state index >= 15 is 0 Å². The molecule has 0 aliphatic carbocycles. The topological polar surface area (TPSA) is 49.9 Å². The Bertz CT molecular complexity index is 812. The van der Waals surface area contributed by atoms with Crippen molar-refractivity contribution in [3.8, 4) is 16.9 Å². The quantitative estimate of drug-likeness (QED) is 0.548. The van der Waals surface area contributed by atoms with Crippen molar-refractivity contribution < 1.29 is 4.74 Å². The number of nitrogens with zero attached hydrogens (tertiary/aromatic N) is 1. The van der Waals surface area contributed by atoms with E-state index in [2.05, 4.69) is 60.3 Å². The lowest BCUT2D eigenvalue weighted by Crippen LogP contribution is -2.22. The van der Waals surface area contributed by atoms with Crippen molar-refractivity contribution in [1.82, 2.24) is 15.3 Å². The Morgan fingerprint density at radius 3 is 2.58 bits per heavy atom. The molecule has 1 heterocycles. The van der Waals surface area contributed by atoms with Gasteiger partial charge in [-0.2, -0.15) is 0 Å². The summed E-state index contributed by atoms with van der Waals surface area (Å²) in [6.45, 7) is 9.22. The van der Waals surface area contributed by atoms with Crippen molar-refractivity contribution >= 4 is 23.4 Å². The SMILES string of the molecule is Cc1c(-c2ccc(OCCNCCC(C)C)cc2)ccc2[nH]cnc12.Cl. The van der Waals surface area contributed by atoms with Crippen LogP contribution < -0.4 is 10.1 Å². The first-order chi connectivity index (χ1) is 12.1. The van der Waals surface area contributed by atoms with Gasteiger partial charge in [-0.15, -0.1) is 12.4 Å². The molecule has 0 amide bonds. The molecule has 0 bridgehead atoms. The maximum atomic E-state index is 5.81. The summed E-state index contributed by atoms with van der Waals surface area (Å²) in [5.74, 6) is 1.65. The van der Waals surface area contributed by atoms with Gasteiger partial charge in [-0.3, -0.25) is 0 Å². The van der Waals surface area contributed by atoms with E-state index < -0.39 is 0 Å². The molecule has 0 saturated heterocycles. The first-order valence-corrected chi connectivity index (χ1v) is 9.02. The van der Waals surface area contributed by atoms with E-state index in [0.29, 0.717) is 6.61 Å². The highest BCUT2D eigenvalue weighted by Crippen LogP contribution is 2.29. The molecule has 0 atom stereocenters. The van der Waals surface area contributed by atoms with Crippen molar-refractivity contribution in [3.63, 3.8) is 0 Å². The molecule has 1 aromatic heterocycles. The monoisotopic (exact) mass is 373 g/mol. The van der Waals surface area contributed by atoms with Gasteiger partial charge in [0.05, 0.1) is 17.4 Å². The Morgan fingerprint density at radius 2 is 1.85 bits per heavy atom. The average Bonchev–Trinajstić information content (AvgIpc) is 3.08. The number of hydrogen-bond donors (Lipinski definition) is 2. The fourth-order valence-corrected chi connectivity index (χ4v) is 2.95. The second-order valence-corrected chi connectivity index (χ2v) is 6.84.